The van der Waals surface area contributed by atoms with Gasteiger partial charge in [-0.25, -0.2) is 4.79 Å². The molecule has 2 rings (SSSR count). The fraction of sp³-hybridized carbons (Fsp3) is 0.467. The average Bonchev–Trinajstić information content (AvgIpc) is 2.93. The number of benzene rings is 1. The first-order valence-electron chi connectivity index (χ1n) is 7.30. The molecule has 7 nitrogen and oxygen atoms in total. The van der Waals surface area contributed by atoms with Gasteiger partial charge in [-0.1, -0.05) is 6.92 Å². The predicted molar refractivity (Wildman–Crippen MR) is 82.8 cm³/mol. The van der Waals surface area contributed by atoms with Crippen molar-refractivity contribution in [3.8, 4) is 0 Å². The molecule has 1 aliphatic rings. The summed E-state index contributed by atoms with van der Waals surface area (Å²) in [5, 5.41) is 9.09. The molecule has 120 valence electrons. The third-order valence-electron chi connectivity index (χ3n) is 3.54. The Bertz CT molecular complexity index is 532. The van der Waals surface area contributed by atoms with Gasteiger partial charge in [0.25, 0.3) is 0 Å². The number of aliphatic hydroxyl groups excluding tert-OH is 1. The molecule has 22 heavy (non-hydrogen) atoms. The lowest BCUT2D eigenvalue weighted by Crippen LogP contribution is -2.33. The lowest BCUT2D eigenvalue weighted by molar-refractivity contribution is -0.118. The van der Waals surface area contributed by atoms with Gasteiger partial charge in [0.05, 0.1) is 13.2 Å². The molecule has 0 unspecified atom stereocenters. The van der Waals surface area contributed by atoms with E-state index in [9.17, 15) is 9.59 Å². The van der Waals surface area contributed by atoms with Crippen LogP contribution in [0.2, 0.25) is 0 Å². The number of cyclic esters (lactones) is 1. The quantitative estimate of drug-likeness (QED) is 0.806. The van der Waals surface area contributed by atoms with Crippen molar-refractivity contribution in [3.63, 3.8) is 0 Å². The van der Waals surface area contributed by atoms with Crippen molar-refractivity contribution < 1.29 is 19.4 Å². The lowest BCUT2D eigenvalue weighted by atomic mass is 10.2. The molecule has 1 aromatic carbocycles. The molecule has 1 fully saturated rings. The number of aliphatic hydroxyl groups is 1. The van der Waals surface area contributed by atoms with E-state index in [2.05, 4.69) is 0 Å². The fourth-order valence-electron chi connectivity index (χ4n) is 2.36. The van der Waals surface area contributed by atoms with Crippen LogP contribution < -0.4 is 15.5 Å². The van der Waals surface area contributed by atoms with E-state index < -0.39 is 6.09 Å². The minimum Gasteiger partial charge on any atom is -0.443 e. The highest BCUT2D eigenvalue weighted by molar-refractivity contribution is 5.94. The highest BCUT2D eigenvalue weighted by Crippen LogP contribution is 2.25. The maximum absolute atomic E-state index is 11.9. The summed E-state index contributed by atoms with van der Waals surface area (Å²) < 4.78 is 5.11. The number of amides is 2. The molecule has 1 aliphatic heterocycles. The molecular formula is C15H21N3O4. The lowest BCUT2D eigenvalue weighted by Gasteiger charge is -2.22. The van der Waals surface area contributed by atoms with Gasteiger partial charge in [-0.3, -0.25) is 9.69 Å². The molecule has 0 spiro atoms. The van der Waals surface area contributed by atoms with Gasteiger partial charge in [0.1, 0.15) is 6.10 Å². The third kappa shape index (κ3) is 3.37. The summed E-state index contributed by atoms with van der Waals surface area (Å²) in [5.74, 6) is -0.0643. The van der Waals surface area contributed by atoms with Crippen molar-refractivity contribution >= 4 is 23.4 Å². The van der Waals surface area contributed by atoms with Crippen molar-refractivity contribution in [2.45, 2.75) is 19.4 Å². The summed E-state index contributed by atoms with van der Waals surface area (Å²) in [4.78, 5) is 26.7. The first-order chi connectivity index (χ1) is 10.6. The van der Waals surface area contributed by atoms with Crippen molar-refractivity contribution in [1.29, 1.82) is 0 Å². The molecular weight excluding hydrogens is 286 g/mol. The van der Waals surface area contributed by atoms with Crippen LogP contribution in [0.4, 0.5) is 16.2 Å². The molecule has 1 atom stereocenters. The van der Waals surface area contributed by atoms with Crippen LogP contribution in [0.25, 0.3) is 0 Å². The zero-order valence-electron chi connectivity index (χ0n) is 12.6. The van der Waals surface area contributed by atoms with Gasteiger partial charge in [0.2, 0.25) is 5.91 Å². The van der Waals surface area contributed by atoms with Crippen LogP contribution in [0.3, 0.4) is 0 Å². The number of carbonyl (C=O) groups is 2. The van der Waals surface area contributed by atoms with Gasteiger partial charge in [0, 0.05) is 30.9 Å². The summed E-state index contributed by atoms with van der Waals surface area (Å²) in [6.07, 6.45) is -0.349. The molecule has 0 saturated carbocycles. The molecule has 7 heteroatoms. The summed E-state index contributed by atoms with van der Waals surface area (Å²) in [7, 11) is 0. The largest absolute Gasteiger partial charge is 0.443 e. The SMILES string of the molecule is CCC(=O)N(CCO)c1ccc(N2C[C@@H](CN)OC2=O)cc1. The van der Waals surface area contributed by atoms with Gasteiger partial charge in [-0.2, -0.15) is 0 Å². The molecule has 1 heterocycles. The summed E-state index contributed by atoms with van der Waals surface area (Å²) >= 11 is 0. The van der Waals surface area contributed by atoms with E-state index in [1.165, 1.54) is 9.80 Å². The molecule has 1 aromatic rings. The maximum Gasteiger partial charge on any atom is 0.414 e. The normalized spacial score (nSPS) is 17.5. The Morgan fingerprint density at radius 3 is 2.64 bits per heavy atom. The van der Waals surface area contributed by atoms with E-state index in [1.807, 2.05) is 0 Å². The summed E-state index contributed by atoms with van der Waals surface area (Å²) in [6.45, 7) is 2.62. The highest BCUT2D eigenvalue weighted by Gasteiger charge is 2.31. The van der Waals surface area contributed by atoms with Crippen molar-refractivity contribution in [2.24, 2.45) is 5.73 Å². The topological polar surface area (TPSA) is 96.1 Å². The van der Waals surface area contributed by atoms with Gasteiger partial charge in [-0.05, 0) is 24.3 Å². The van der Waals surface area contributed by atoms with E-state index in [4.69, 9.17) is 15.6 Å². The molecule has 3 N–H and O–H groups in total. The number of ether oxygens (including phenoxy) is 1. The molecule has 1 saturated heterocycles. The van der Waals surface area contributed by atoms with Crippen molar-refractivity contribution in [1.82, 2.24) is 0 Å². The van der Waals surface area contributed by atoms with Gasteiger partial charge < -0.3 is 20.5 Å². The van der Waals surface area contributed by atoms with Gasteiger partial charge >= 0.3 is 6.09 Å². The number of nitrogens with zero attached hydrogens (tertiary/aromatic N) is 2. The van der Waals surface area contributed by atoms with E-state index in [0.717, 1.165) is 0 Å². The fourth-order valence-corrected chi connectivity index (χ4v) is 2.36. The van der Waals surface area contributed by atoms with Crippen LogP contribution in [0.15, 0.2) is 24.3 Å². The second kappa shape index (κ2) is 7.24. The summed E-state index contributed by atoms with van der Waals surface area (Å²) in [5.41, 5.74) is 6.89. The van der Waals surface area contributed by atoms with Crippen LogP contribution in [-0.2, 0) is 9.53 Å². The van der Waals surface area contributed by atoms with Gasteiger partial charge in [0.15, 0.2) is 0 Å². The van der Waals surface area contributed by atoms with Crippen LogP contribution in [0.1, 0.15) is 13.3 Å². The smallest absolute Gasteiger partial charge is 0.414 e. The molecule has 0 radical (unpaired) electrons. The Hall–Kier alpha value is -2.12. The maximum atomic E-state index is 11.9. The first-order valence-corrected chi connectivity index (χ1v) is 7.30. The second-order valence-electron chi connectivity index (χ2n) is 4.99. The zero-order chi connectivity index (χ0) is 16.1. The number of carbonyl (C=O) groups excluding carboxylic acids is 2. The van der Waals surface area contributed by atoms with Crippen molar-refractivity contribution in [3.05, 3.63) is 24.3 Å². The monoisotopic (exact) mass is 307 g/mol. The average molecular weight is 307 g/mol. The van der Waals surface area contributed by atoms with E-state index in [0.29, 0.717) is 24.3 Å². The number of anilines is 2. The Balaban J connectivity index is 2.15. The van der Waals surface area contributed by atoms with Crippen LogP contribution in [-0.4, -0.2) is 49.5 Å². The van der Waals surface area contributed by atoms with Crippen LogP contribution >= 0.6 is 0 Å². The first kappa shape index (κ1) is 16.3. The Kier molecular flexibility index (Phi) is 5.35. The summed E-state index contributed by atoms with van der Waals surface area (Å²) in [6, 6.07) is 7.01. The zero-order valence-corrected chi connectivity index (χ0v) is 12.6. The Morgan fingerprint density at radius 2 is 2.14 bits per heavy atom. The van der Waals surface area contributed by atoms with Gasteiger partial charge in [-0.15, -0.1) is 0 Å². The molecule has 0 aliphatic carbocycles. The predicted octanol–water partition coefficient (Wildman–Crippen LogP) is 0.706. The standard InChI is InChI=1S/C15H21N3O4/c1-2-14(20)17(7-8-19)11-3-5-12(6-4-11)18-10-13(9-16)22-15(18)21/h3-6,13,19H,2,7-10,16H2,1H3/t13-/m1/s1. The second-order valence-corrected chi connectivity index (χ2v) is 4.99. The third-order valence-corrected chi connectivity index (χ3v) is 3.54. The number of rotatable bonds is 6. The van der Waals surface area contributed by atoms with Crippen molar-refractivity contribution in [2.75, 3.05) is 36.0 Å². The Morgan fingerprint density at radius 1 is 1.45 bits per heavy atom. The highest BCUT2D eigenvalue weighted by atomic mass is 16.6. The van der Waals surface area contributed by atoms with E-state index in [1.54, 1.807) is 31.2 Å². The van der Waals surface area contributed by atoms with Crippen LogP contribution in [0, 0.1) is 0 Å². The minimum absolute atomic E-state index is 0.0643. The Labute approximate surface area is 129 Å². The molecule has 0 aromatic heterocycles. The van der Waals surface area contributed by atoms with Crippen LogP contribution in [0.5, 0.6) is 0 Å². The minimum atomic E-state index is -0.417. The molecule has 2 amide bonds. The van der Waals surface area contributed by atoms with E-state index in [-0.39, 0.29) is 31.7 Å². The number of hydrogen-bond acceptors (Lipinski definition) is 5. The van der Waals surface area contributed by atoms with E-state index >= 15 is 0 Å². The molecule has 0 bridgehead atoms. The number of hydrogen-bond donors (Lipinski definition) is 2. The number of nitrogens with two attached hydrogens (primary N) is 1.